The van der Waals surface area contributed by atoms with E-state index in [4.69, 9.17) is 0 Å². The highest BCUT2D eigenvalue weighted by Gasteiger charge is 2.17. The van der Waals surface area contributed by atoms with Gasteiger partial charge in [0.2, 0.25) is 5.91 Å². The normalized spacial score (nSPS) is 13.6. The van der Waals surface area contributed by atoms with Crippen molar-refractivity contribution in [3.8, 4) is 0 Å². The number of nitrogens with zero attached hydrogens (tertiary/aromatic N) is 1. The van der Waals surface area contributed by atoms with Crippen LogP contribution in [0.5, 0.6) is 0 Å². The third-order valence-electron chi connectivity index (χ3n) is 2.56. The molecule has 1 amide bonds. The number of carbonyl (C=O) groups excluding carboxylic acids is 1. The second-order valence-electron chi connectivity index (χ2n) is 5.24. The van der Waals surface area contributed by atoms with Gasteiger partial charge in [-0.15, -0.1) is 0 Å². The Morgan fingerprint density at radius 2 is 2.00 bits per heavy atom. The maximum atomic E-state index is 11.9. The minimum Gasteiger partial charge on any atom is -0.342 e. The summed E-state index contributed by atoms with van der Waals surface area (Å²) in [7, 11) is 1.89. The molecule has 1 atom stereocenters. The maximum Gasteiger partial charge on any atom is 0.236 e. The average Bonchev–Trinajstić information content (AvgIpc) is 2.20. The molecule has 0 heterocycles. The Kier molecular flexibility index (Phi) is 7.07. The van der Waals surface area contributed by atoms with Crippen molar-refractivity contribution in [2.45, 2.75) is 45.7 Å². The Morgan fingerprint density at radius 3 is 2.44 bits per heavy atom. The molecule has 0 bridgehead atoms. The van der Waals surface area contributed by atoms with Gasteiger partial charge in [0.25, 0.3) is 0 Å². The van der Waals surface area contributed by atoms with Crippen LogP contribution >= 0.6 is 11.8 Å². The van der Waals surface area contributed by atoms with Crippen molar-refractivity contribution in [1.82, 2.24) is 10.2 Å². The number of carbonyl (C=O) groups is 1. The summed E-state index contributed by atoms with van der Waals surface area (Å²) in [5.74, 6) is 1.27. The van der Waals surface area contributed by atoms with Gasteiger partial charge in [-0.1, -0.05) is 0 Å². The SMILES string of the molecule is CSCCC(C)N(C)C(=O)CNC(C)(C)C. The monoisotopic (exact) mass is 246 g/mol. The maximum absolute atomic E-state index is 11.9. The quantitative estimate of drug-likeness (QED) is 0.778. The Labute approximate surface area is 104 Å². The van der Waals surface area contributed by atoms with Crippen LogP contribution in [0.1, 0.15) is 34.1 Å². The molecule has 16 heavy (non-hydrogen) atoms. The summed E-state index contributed by atoms with van der Waals surface area (Å²) in [6.07, 6.45) is 3.15. The first-order valence-electron chi connectivity index (χ1n) is 5.77. The molecule has 0 aromatic carbocycles. The van der Waals surface area contributed by atoms with Gasteiger partial charge in [0.05, 0.1) is 6.54 Å². The van der Waals surface area contributed by atoms with Gasteiger partial charge >= 0.3 is 0 Å². The van der Waals surface area contributed by atoms with Crippen molar-refractivity contribution in [3.05, 3.63) is 0 Å². The van der Waals surface area contributed by atoms with Gasteiger partial charge in [-0.3, -0.25) is 4.79 Å². The van der Waals surface area contributed by atoms with Crippen molar-refractivity contribution in [2.24, 2.45) is 0 Å². The van der Waals surface area contributed by atoms with Crippen LogP contribution in [0.25, 0.3) is 0 Å². The molecule has 96 valence electrons. The third kappa shape index (κ3) is 7.12. The van der Waals surface area contributed by atoms with Crippen LogP contribution in [0, 0.1) is 0 Å². The van der Waals surface area contributed by atoms with Crippen LogP contribution < -0.4 is 5.32 Å². The van der Waals surface area contributed by atoms with Gasteiger partial charge in [-0.05, 0) is 46.1 Å². The topological polar surface area (TPSA) is 32.3 Å². The van der Waals surface area contributed by atoms with Gasteiger partial charge in [0.15, 0.2) is 0 Å². The lowest BCUT2D eigenvalue weighted by molar-refractivity contribution is -0.131. The molecule has 1 N–H and O–H groups in total. The first-order chi connectivity index (χ1) is 7.28. The van der Waals surface area contributed by atoms with E-state index < -0.39 is 0 Å². The van der Waals surface area contributed by atoms with Gasteiger partial charge in [0.1, 0.15) is 0 Å². The summed E-state index contributed by atoms with van der Waals surface area (Å²) in [5, 5.41) is 3.22. The summed E-state index contributed by atoms with van der Waals surface area (Å²) >= 11 is 1.82. The van der Waals surface area contributed by atoms with E-state index >= 15 is 0 Å². The molecule has 3 nitrogen and oxygen atoms in total. The molecule has 0 saturated heterocycles. The molecule has 0 fully saturated rings. The Hall–Kier alpha value is -0.220. The molecule has 0 aliphatic heterocycles. The fraction of sp³-hybridized carbons (Fsp3) is 0.917. The smallest absolute Gasteiger partial charge is 0.236 e. The van der Waals surface area contributed by atoms with Gasteiger partial charge in [-0.2, -0.15) is 11.8 Å². The highest BCUT2D eigenvalue weighted by molar-refractivity contribution is 7.98. The summed E-state index contributed by atoms with van der Waals surface area (Å²) < 4.78 is 0. The Morgan fingerprint density at radius 1 is 1.44 bits per heavy atom. The average molecular weight is 246 g/mol. The molecular formula is C12H26N2OS. The first kappa shape index (κ1) is 15.8. The molecule has 0 radical (unpaired) electrons. The fourth-order valence-corrected chi connectivity index (χ4v) is 1.77. The van der Waals surface area contributed by atoms with Crippen molar-refractivity contribution in [2.75, 3.05) is 25.6 Å². The number of nitrogens with one attached hydrogen (secondary N) is 1. The number of amides is 1. The molecule has 0 aliphatic carbocycles. The Bertz CT molecular complexity index is 214. The molecule has 0 saturated carbocycles. The lowest BCUT2D eigenvalue weighted by Crippen LogP contribution is -2.46. The molecule has 4 heteroatoms. The van der Waals surface area contributed by atoms with E-state index in [1.54, 1.807) is 0 Å². The molecule has 0 aromatic heterocycles. The lowest BCUT2D eigenvalue weighted by atomic mass is 10.1. The van der Waals surface area contributed by atoms with Crippen molar-refractivity contribution in [1.29, 1.82) is 0 Å². The zero-order valence-corrected chi connectivity index (χ0v) is 12.3. The molecule has 1 unspecified atom stereocenters. The van der Waals surface area contributed by atoms with Gasteiger partial charge in [-0.25, -0.2) is 0 Å². The number of thioether (sulfide) groups is 1. The Balaban J connectivity index is 3.98. The van der Waals surface area contributed by atoms with Crippen molar-refractivity contribution < 1.29 is 4.79 Å². The molecule has 0 aliphatic rings. The molecule has 0 aromatic rings. The standard InChI is InChI=1S/C12H26N2OS/c1-10(7-8-16-6)14(5)11(15)9-13-12(2,3)4/h10,13H,7-9H2,1-6H3. The van der Waals surface area contributed by atoms with E-state index in [1.807, 2.05) is 23.7 Å². The second-order valence-corrected chi connectivity index (χ2v) is 6.22. The number of hydrogen-bond acceptors (Lipinski definition) is 3. The van der Waals surface area contributed by atoms with E-state index in [2.05, 4.69) is 39.3 Å². The highest BCUT2D eigenvalue weighted by Crippen LogP contribution is 2.06. The van der Waals surface area contributed by atoms with Crippen LogP contribution in [-0.2, 0) is 4.79 Å². The van der Waals surface area contributed by atoms with Crippen LogP contribution in [0.3, 0.4) is 0 Å². The minimum absolute atomic E-state index is 0.000984. The predicted molar refractivity (Wildman–Crippen MR) is 73.0 cm³/mol. The number of likely N-dealkylation sites (N-methyl/N-ethyl adjacent to an activating group) is 1. The summed E-state index contributed by atoms with van der Waals surface area (Å²) in [6, 6.07) is 0.321. The van der Waals surface area contributed by atoms with Crippen molar-refractivity contribution >= 4 is 17.7 Å². The third-order valence-corrected chi connectivity index (χ3v) is 3.21. The summed E-state index contributed by atoms with van der Waals surface area (Å²) in [4.78, 5) is 13.7. The van der Waals surface area contributed by atoms with Gasteiger partial charge in [0, 0.05) is 18.6 Å². The van der Waals surface area contributed by atoms with Crippen LogP contribution in [0.2, 0.25) is 0 Å². The predicted octanol–water partition coefficient (Wildman–Crippen LogP) is 1.97. The van der Waals surface area contributed by atoms with Crippen LogP contribution in [-0.4, -0.2) is 48.0 Å². The zero-order valence-electron chi connectivity index (χ0n) is 11.5. The van der Waals surface area contributed by atoms with E-state index in [0.717, 1.165) is 12.2 Å². The van der Waals surface area contributed by atoms with E-state index in [9.17, 15) is 4.79 Å². The minimum atomic E-state index is -0.000984. The number of hydrogen-bond donors (Lipinski definition) is 1. The van der Waals surface area contributed by atoms with Crippen LogP contribution in [0.15, 0.2) is 0 Å². The second kappa shape index (κ2) is 7.17. The zero-order chi connectivity index (χ0) is 12.8. The fourth-order valence-electron chi connectivity index (χ4n) is 1.19. The number of rotatable bonds is 6. The van der Waals surface area contributed by atoms with Crippen molar-refractivity contribution in [3.63, 3.8) is 0 Å². The van der Waals surface area contributed by atoms with E-state index in [1.165, 1.54) is 0 Å². The molecular weight excluding hydrogens is 220 g/mol. The highest BCUT2D eigenvalue weighted by atomic mass is 32.2. The molecule has 0 rings (SSSR count). The largest absolute Gasteiger partial charge is 0.342 e. The lowest BCUT2D eigenvalue weighted by Gasteiger charge is -2.27. The van der Waals surface area contributed by atoms with Gasteiger partial charge < -0.3 is 10.2 Å². The summed E-state index contributed by atoms with van der Waals surface area (Å²) in [6.45, 7) is 8.72. The molecule has 0 spiro atoms. The van der Waals surface area contributed by atoms with E-state index in [-0.39, 0.29) is 11.4 Å². The summed E-state index contributed by atoms with van der Waals surface area (Å²) in [5.41, 5.74) is -0.000984. The van der Waals surface area contributed by atoms with Crippen LogP contribution in [0.4, 0.5) is 0 Å². The van der Waals surface area contributed by atoms with E-state index in [0.29, 0.717) is 12.6 Å². The first-order valence-corrected chi connectivity index (χ1v) is 7.17.